The van der Waals surface area contributed by atoms with E-state index in [1.165, 1.54) is 24.9 Å². The van der Waals surface area contributed by atoms with Gasteiger partial charge >= 0.3 is 12.4 Å². The molecule has 0 unspecified atom stereocenters. The second-order valence-corrected chi connectivity index (χ2v) is 6.25. The second kappa shape index (κ2) is 7.82. The first-order valence-electron chi connectivity index (χ1n) is 8.53. The van der Waals surface area contributed by atoms with Crippen LogP contribution >= 0.6 is 0 Å². The molecule has 0 aliphatic heterocycles. The number of H-pyrrole nitrogens is 1. The SMILES string of the molecule is FC(F)(F)c1cc(-c2ncn(/C=C(\c3cncnc3)c3nn[nH]n3)n2)cc(C(F)(F)F)c1. The summed E-state index contributed by atoms with van der Waals surface area (Å²) in [7, 11) is 0. The van der Waals surface area contributed by atoms with Gasteiger partial charge in [-0.1, -0.05) is 0 Å². The number of hydrogen-bond acceptors (Lipinski definition) is 7. The fraction of sp³-hybridized carbons (Fsp3) is 0.118. The summed E-state index contributed by atoms with van der Waals surface area (Å²) in [6, 6.07) is 1.12. The molecule has 4 aromatic rings. The Balaban J connectivity index is 1.78. The molecule has 0 amide bonds. The molecule has 0 radical (unpaired) electrons. The van der Waals surface area contributed by atoms with E-state index in [0.29, 0.717) is 23.3 Å². The summed E-state index contributed by atoms with van der Waals surface area (Å²) in [5.41, 5.74) is -2.63. The summed E-state index contributed by atoms with van der Waals surface area (Å²) in [5, 5.41) is 17.4. The van der Waals surface area contributed by atoms with E-state index in [1.54, 1.807) is 0 Å². The average Bonchev–Trinajstić information content (AvgIpc) is 3.43. The normalized spacial score (nSPS) is 12.9. The van der Waals surface area contributed by atoms with Crippen molar-refractivity contribution >= 4 is 11.8 Å². The molecule has 15 heteroatoms. The lowest BCUT2D eigenvalue weighted by Gasteiger charge is -2.13. The zero-order valence-corrected chi connectivity index (χ0v) is 15.5. The van der Waals surface area contributed by atoms with Gasteiger partial charge in [-0.25, -0.2) is 19.6 Å². The molecule has 0 fully saturated rings. The standard InChI is InChI=1S/C17H9F6N9/c18-16(19,20)11-1-9(2-12(3-11)17(21,22)23)14-26-8-32(29-14)6-13(15-27-30-31-28-15)10-4-24-7-25-5-10/h1-8H,(H,27,28,30,31)/b13-6+. The lowest BCUT2D eigenvalue weighted by molar-refractivity contribution is -0.143. The highest BCUT2D eigenvalue weighted by Gasteiger charge is 2.37. The molecule has 3 heterocycles. The van der Waals surface area contributed by atoms with Gasteiger partial charge in [-0.2, -0.15) is 31.6 Å². The van der Waals surface area contributed by atoms with Crippen LogP contribution in [0.15, 0.2) is 43.2 Å². The maximum Gasteiger partial charge on any atom is 0.416 e. The lowest BCUT2D eigenvalue weighted by atomic mass is 10.0. The minimum atomic E-state index is -4.99. The molecule has 164 valence electrons. The summed E-state index contributed by atoms with van der Waals surface area (Å²) in [5.74, 6) is -0.232. The van der Waals surface area contributed by atoms with E-state index >= 15 is 0 Å². The summed E-state index contributed by atoms with van der Waals surface area (Å²) in [6.07, 6.45) is -3.36. The van der Waals surface area contributed by atoms with Crippen molar-refractivity contribution < 1.29 is 26.3 Å². The maximum absolute atomic E-state index is 13.1. The van der Waals surface area contributed by atoms with Gasteiger partial charge in [-0.15, -0.1) is 15.3 Å². The van der Waals surface area contributed by atoms with Gasteiger partial charge in [0.05, 0.1) is 16.7 Å². The van der Waals surface area contributed by atoms with Gasteiger partial charge in [0.2, 0.25) is 5.82 Å². The number of alkyl halides is 6. The summed E-state index contributed by atoms with van der Waals surface area (Å²) < 4.78 is 79.8. The Morgan fingerprint density at radius 3 is 2.16 bits per heavy atom. The third-order valence-corrected chi connectivity index (χ3v) is 4.07. The monoisotopic (exact) mass is 453 g/mol. The van der Waals surface area contributed by atoms with Crippen LogP contribution in [0.25, 0.3) is 23.2 Å². The van der Waals surface area contributed by atoms with Crippen LogP contribution in [0, 0.1) is 0 Å². The third-order valence-electron chi connectivity index (χ3n) is 4.07. The van der Waals surface area contributed by atoms with Crippen molar-refractivity contribution in [2.24, 2.45) is 0 Å². The first-order valence-corrected chi connectivity index (χ1v) is 8.53. The van der Waals surface area contributed by atoms with Crippen LogP contribution in [0.4, 0.5) is 26.3 Å². The highest BCUT2D eigenvalue weighted by atomic mass is 19.4. The molecule has 4 rings (SSSR count). The summed E-state index contributed by atoms with van der Waals surface area (Å²) >= 11 is 0. The van der Waals surface area contributed by atoms with E-state index in [9.17, 15) is 26.3 Å². The largest absolute Gasteiger partial charge is 0.416 e. The predicted octanol–water partition coefficient (Wildman–Crippen LogP) is 3.33. The third kappa shape index (κ3) is 4.45. The van der Waals surface area contributed by atoms with E-state index in [-0.39, 0.29) is 17.7 Å². The number of nitrogens with zero attached hydrogens (tertiary/aromatic N) is 8. The zero-order chi connectivity index (χ0) is 22.9. The maximum atomic E-state index is 13.1. The second-order valence-electron chi connectivity index (χ2n) is 6.25. The molecule has 0 spiro atoms. The molecule has 1 N–H and O–H groups in total. The number of nitrogens with one attached hydrogen (secondary N) is 1. The van der Waals surface area contributed by atoms with E-state index in [2.05, 4.69) is 40.7 Å². The average molecular weight is 453 g/mol. The molecule has 9 nitrogen and oxygen atoms in total. The van der Waals surface area contributed by atoms with Crippen LogP contribution in [0.5, 0.6) is 0 Å². The van der Waals surface area contributed by atoms with Gasteiger partial charge < -0.3 is 0 Å². The Bertz CT molecular complexity index is 1210. The molecule has 3 aromatic heterocycles. The van der Waals surface area contributed by atoms with Gasteiger partial charge in [0.25, 0.3) is 0 Å². The van der Waals surface area contributed by atoms with Crippen LogP contribution in [0.1, 0.15) is 22.5 Å². The Morgan fingerprint density at radius 1 is 0.938 bits per heavy atom. The van der Waals surface area contributed by atoms with Crippen molar-refractivity contribution in [1.29, 1.82) is 0 Å². The number of aromatic amines is 1. The fourth-order valence-corrected chi connectivity index (χ4v) is 2.66. The van der Waals surface area contributed by atoms with Crippen LogP contribution < -0.4 is 0 Å². The molecule has 0 aliphatic rings. The Kier molecular flexibility index (Phi) is 5.15. The minimum absolute atomic E-state index is 0.0319. The zero-order valence-electron chi connectivity index (χ0n) is 15.5. The minimum Gasteiger partial charge on any atom is -0.244 e. The van der Waals surface area contributed by atoms with Crippen molar-refractivity contribution in [2.45, 2.75) is 12.4 Å². The van der Waals surface area contributed by atoms with Gasteiger partial charge in [0, 0.05) is 29.7 Å². The number of halogens is 6. The first kappa shape index (κ1) is 21.1. The van der Waals surface area contributed by atoms with Gasteiger partial charge in [0.1, 0.15) is 12.7 Å². The van der Waals surface area contributed by atoms with Gasteiger partial charge in [0.15, 0.2) is 5.82 Å². The van der Waals surface area contributed by atoms with Crippen LogP contribution in [-0.2, 0) is 12.4 Å². The topological polar surface area (TPSA) is 111 Å². The smallest absolute Gasteiger partial charge is 0.244 e. The molecule has 32 heavy (non-hydrogen) atoms. The van der Waals surface area contributed by atoms with E-state index in [0.717, 1.165) is 11.0 Å². The molecular formula is C17H9F6N9. The molecule has 0 bridgehead atoms. The highest BCUT2D eigenvalue weighted by molar-refractivity contribution is 5.83. The van der Waals surface area contributed by atoms with Crippen molar-refractivity contribution in [1.82, 2.24) is 45.4 Å². The summed E-state index contributed by atoms with van der Waals surface area (Å²) in [6.45, 7) is 0. The highest BCUT2D eigenvalue weighted by Crippen LogP contribution is 2.38. The quantitative estimate of drug-likeness (QED) is 0.472. The number of tetrazole rings is 1. The summed E-state index contributed by atoms with van der Waals surface area (Å²) in [4.78, 5) is 11.6. The first-order chi connectivity index (χ1) is 15.1. The van der Waals surface area contributed by atoms with Crippen LogP contribution in [0.3, 0.4) is 0 Å². The lowest BCUT2D eigenvalue weighted by Crippen LogP contribution is -2.11. The molecule has 0 atom stereocenters. The Labute approximate surface area is 173 Å². The molecule has 0 saturated carbocycles. The van der Waals surface area contributed by atoms with E-state index in [4.69, 9.17) is 0 Å². The van der Waals surface area contributed by atoms with Gasteiger partial charge in [-0.05, 0) is 23.4 Å². The van der Waals surface area contributed by atoms with Crippen molar-refractivity contribution in [3.63, 3.8) is 0 Å². The number of hydrogen-bond donors (Lipinski definition) is 1. The van der Waals surface area contributed by atoms with Crippen molar-refractivity contribution in [2.75, 3.05) is 0 Å². The van der Waals surface area contributed by atoms with Gasteiger partial charge in [-0.3, -0.25) is 0 Å². The van der Waals surface area contributed by atoms with Crippen LogP contribution in [0.2, 0.25) is 0 Å². The van der Waals surface area contributed by atoms with Crippen molar-refractivity contribution in [3.05, 3.63) is 65.8 Å². The van der Waals surface area contributed by atoms with Crippen LogP contribution in [-0.4, -0.2) is 45.4 Å². The Hall–Kier alpha value is -4.17. The predicted molar refractivity (Wildman–Crippen MR) is 94.9 cm³/mol. The van der Waals surface area contributed by atoms with Crippen molar-refractivity contribution in [3.8, 4) is 11.4 Å². The van der Waals surface area contributed by atoms with E-state index < -0.39 is 29.0 Å². The molecule has 1 aromatic carbocycles. The Morgan fingerprint density at radius 2 is 1.59 bits per heavy atom. The molecule has 0 saturated heterocycles. The number of aromatic nitrogens is 9. The number of benzene rings is 1. The number of rotatable bonds is 4. The molecule has 0 aliphatic carbocycles. The molecular weight excluding hydrogens is 444 g/mol. The van der Waals surface area contributed by atoms with E-state index in [1.807, 2.05) is 0 Å². The fourth-order valence-electron chi connectivity index (χ4n) is 2.66.